The van der Waals surface area contributed by atoms with Crippen molar-refractivity contribution in [3.8, 4) is 0 Å². The SMILES string of the molecule is COCCC1(CNC2CCc3cc(F)ccc32)CC1. The van der Waals surface area contributed by atoms with Crippen LogP contribution in [0.3, 0.4) is 0 Å². The van der Waals surface area contributed by atoms with Crippen molar-refractivity contribution in [1.82, 2.24) is 5.32 Å². The molecule has 2 nitrogen and oxygen atoms in total. The molecule has 2 aliphatic rings. The lowest BCUT2D eigenvalue weighted by Crippen LogP contribution is -2.28. The molecule has 0 spiro atoms. The van der Waals surface area contributed by atoms with Crippen molar-refractivity contribution in [3.63, 3.8) is 0 Å². The maximum absolute atomic E-state index is 13.2. The molecule has 1 N–H and O–H groups in total. The van der Waals surface area contributed by atoms with Crippen molar-refractivity contribution in [2.75, 3.05) is 20.3 Å². The predicted octanol–water partition coefficient (Wildman–Crippen LogP) is 3.22. The fourth-order valence-corrected chi connectivity index (χ4v) is 3.15. The van der Waals surface area contributed by atoms with E-state index in [0.717, 1.165) is 32.4 Å². The van der Waals surface area contributed by atoms with Crippen molar-refractivity contribution >= 4 is 0 Å². The lowest BCUT2D eigenvalue weighted by Gasteiger charge is -2.20. The van der Waals surface area contributed by atoms with E-state index in [1.165, 1.54) is 24.0 Å². The molecule has 0 radical (unpaired) electrons. The zero-order valence-electron chi connectivity index (χ0n) is 11.5. The van der Waals surface area contributed by atoms with Crippen LogP contribution in [0.5, 0.6) is 0 Å². The Labute approximate surface area is 114 Å². The summed E-state index contributed by atoms with van der Waals surface area (Å²) in [4.78, 5) is 0. The van der Waals surface area contributed by atoms with Gasteiger partial charge in [-0.15, -0.1) is 0 Å². The van der Waals surface area contributed by atoms with Gasteiger partial charge in [-0.2, -0.15) is 0 Å². The van der Waals surface area contributed by atoms with Gasteiger partial charge in [-0.3, -0.25) is 0 Å². The normalized spacial score (nSPS) is 23.4. The molecular formula is C16H22FNO. The van der Waals surface area contributed by atoms with Crippen LogP contribution in [-0.4, -0.2) is 20.3 Å². The predicted molar refractivity (Wildman–Crippen MR) is 73.6 cm³/mol. The summed E-state index contributed by atoms with van der Waals surface area (Å²) in [6, 6.07) is 5.63. The van der Waals surface area contributed by atoms with E-state index in [-0.39, 0.29) is 5.82 Å². The number of hydrogen-bond donors (Lipinski definition) is 1. The summed E-state index contributed by atoms with van der Waals surface area (Å²) in [6.45, 7) is 1.92. The van der Waals surface area contributed by atoms with Crippen LogP contribution in [0.1, 0.15) is 42.9 Å². The van der Waals surface area contributed by atoms with Crippen LogP contribution in [0.25, 0.3) is 0 Å². The highest BCUT2D eigenvalue weighted by molar-refractivity contribution is 5.35. The van der Waals surface area contributed by atoms with E-state index < -0.39 is 0 Å². The maximum Gasteiger partial charge on any atom is 0.123 e. The zero-order chi connectivity index (χ0) is 13.3. The number of hydrogen-bond acceptors (Lipinski definition) is 2. The highest BCUT2D eigenvalue weighted by atomic mass is 19.1. The second kappa shape index (κ2) is 5.22. The molecule has 1 aromatic carbocycles. The molecular weight excluding hydrogens is 241 g/mol. The van der Waals surface area contributed by atoms with E-state index >= 15 is 0 Å². The lowest BCUT2D eigenvalue weighted by molar-refractivity contribution is 0.170. The fourth-order valence-electron chi connectivity index (χ4n) is 3.15. The van der Waals surface area contributed by atoms with Gasteiger partial charge in [0, 0.05) is 26.3 Å². The Balaban J connectivity index is 1.58. The monoisotopic (exact) mass is 263 g/mol. The number of methoxy groups -OCH3 is 1. The highest BCUT2D eigenvalue weighted by Crippen LogP contribution is 2.48. The van der Waals surface area contributed by atoms with Crippen LogP contribution in [0.2, 0.25) is 0 Å². The van der Waals surface area contributed by atoms with Gasteiger partial charge in [0.25, 0.3) is 0 Å². The van der Waals surface area contributed by atoms with Crippen molar-refractivity contribution in [3.05, 3.63) is 35.1 Å². The summed E-state index contributed by atoms with van der Waals surface area (Å²) >= 11 is 0. The van der Waals surface area contributed by atoms with Crippen molar-refractivity contribution in [1.29, 1.82) is 0 Å². The Kier molecular flexibility index (Phi) is 3.59. The third kappa shape index (κ3) is 2.82. The Bertz CT molecular complexity index is 456. The van der Waals surface area contributed by atoms with Gasteiger partial charge in [0.05, 0.1) is 0 Å². The molecule has 0 aromatic heterocycles. The van der Waals surface area contributed by atoms with Gasteiger partial charge < -0.3 is 10.1 Å². The van der Waals surface area contributed by atoms with Crippen LogP contribution in [0, 0.1) is 11.2 Å². The van der Waals surface area contributed by atoms with Crippen LogP contribution in [0.4, 0.5) is 4.39 Å². The van der Waals surface area contributed by atoms with Gasteiger partial charge in [0.2, 0.25) is 0 Å². The standard InChI is InChI=1S/C16H22FNO/c1-19-9-8-16(6-7-16)11-18-15-5-2-12-10-13(17)3-4-14(12)15/h3-4,10,15,18H,2,5-9,11H2,1H3. The van der Waals surface area contributed by atoms with E-state index in [0.29, 0.717) is 11.5 Å². The molecule has 3 rings (SSSR count). The Hall–Kier alpha value is -0.930. The maximum atomic E-state index is 13.2. The number of halogens is 1. The van der Waals surface area contributed by atoms with Gasteiger partial charge in [-0.1, -0.05) is 6.07 Å². The molecule has 0 aliphatic heterocycles. The molecule has 0 heterocycles. The summed E-state index contributed by atoms with van der Waals surface area (Å²) in [7, 11) is 1.77. The van der Waals surface area contributed by atoms with E-state index in [1.807, 2.05) is 6.07 Å². The van der Waals surface area contributed by atoms with Gasteiger partial charge >= 0.3 is 0 Å². The lowest BCUT2D eigenvalue weighted by atomic mass is 10.0. The number of aryl methyl sites for hydroxylation is 1. The molecule has 1 saturated carbocycles. The number of ether oxygens (including phenoxy) is 1. The van der Waals surface area contributed by atoms with Crippen molar-refractivity contribution < 1.29 is 9.13 Å². The van der Waals surface area contributed by atoms with E-state index in [4.69, 9.17) is 4.74 Å². The first-order valence-electron chi connectivity index (χ1n) is 7.23. The minimum Gasteiger partial charge on any atom is -0.385 e. The Morgan fingerprint density at radius 3 is 3.00 bits per heavy atom. The summed E-state index contributed by atoms with van der Waals surface area (Å²) in [5, 5.41) is 3.69. The van der Waals surface area contributed by atoms with Gasteiger partial charge in [-0.25, -0.2) is 4.39 Å². The average molecular weight is 263 g/mol. The van der Waals surface area contributed by atoms with Crippen molar-refractivity contribution in [2.24, 2.45) is 5.41 Å². The Morgan fingerprint density at radius 2 is 2.26 bits per heavy atom. The third-order valence-electron chi connectivity index (χ3n) is 4.70. The number of fused-ring (bicyclic) bond motifs is 1. The molecule has 1 atom stereocenters. The van der Waals surface area contributed by atoms with Crippen molar-refractivity contribution in [2.45, 2.75) is 38.1 Å². The summed E-state index contributed by atoms with van der Waals surface area (Å²) in [5.74, 6) is -0.113. The Morgan fingerprint density at radius 1 is 1.42 bits per heavy atom. The smallest absolute Gasteiger partial charge is 0.123 e. The molecule has 1 fully saturated rings. The van der Waals surface area contributed by atoms with Gasteiger partial charge in [0.15, 0.2) is 0 Å². The molecule has 1 aromatic rings. The highest BCUT2D eigenvalue weighted by Gasteiger charge is 2.42. The minimum absolute atomic E-state index is 0.113. The zero-order valence-corrected chi connectivity index (χ0v) is 11.5. The third-order valence-corrected chi connectivity index (χ3v) is 4.70. The van der Waals surface area contributed by atoms with Gasteiger partial charge in [-0.05, 0) is 60.8 Å². The fraction of sp³-hybridized carbons (Fsp3) is 0.625. The molecule has 19 heavy (non-hydrogen) atoms. The first-order chi connectivity index (χ1) is 9.22. The quantitative estimate of drug-likeness (QED) is 0.851. The average Bonchev–Trinajstić information content (AvgIpc) is 3.08. The number of benzene rings is 1. The molecule has 104 valence electrons. The molecule has 2 aliphatic carbocycles. The summed E-state index contributed by atoms with van der Waals surface area (Å²) in [6.07, 6.45) is 5.87. The van der Waals surface area contributed by atoms with Crippen LogP contribution in [0.15, 0.2) is 18.2 Å². The summed E-state index contributed by atoms with van der Waals surface area (Å²) < 4.78 is 18.4. The second-order valence-corrected chi connectivity index (χ2v) is 6.06. The summed E-state index contributed by atoms with van der Waals surface area (Å²) in [5.41, 5.74) is 2.95. The van der Waals surface area contributed by atoms with Crippen LogP contribution >= 0.6 is 0 Å². The largest absolute Gasteiger partial charge is 0.385 e. The van der Waals surface area contributed by atoms with Gasteiger partial charge in [0.1, 0.15) is 5.82 Å². The molecule has 1 unspecified atom stereocenters. The van der Waals surface area contributed by atoms with E-state index in [9.17, 15) is 4.39 Å². The van der Waals surface area contributed by atoms with Crippen LogP contribution in [-0.2, 0) is 11.2 Å². The second-order valence-electron chi connectivity index (χ2n) is 6.06. The minimum atomic E-state index is -0.113. The molecule has 0 amide bonds. The topological polar surface area (TPSA) is 21.3 Å². The number of nitrogens with one attached hydrogen (secondary N) is 1. The van der Waals surface area contributed by atoms with E-state index in [1.54, 1.807) is 19.2 Å². The first kappa shape index (κ1) is 13.1. The van der Waals surface area contributed by atoms with E-state index in [2.05, 4.69) is 5.32 Å². The van der Waals surface area contributed by atoms with Crippen LogP contribution < -0.4 is 5.32 Å². The molecule has 3 heteroatoms. The molecule has 0 bridgehead atoms. The number of rotatable bonds is 6. The molecule has 0 saturated heterocycles. The first-order valence-corrected chi connectivity index (χ1v) is 7.23.